The van der Waals surface area contributed by atoms with Gasteiger partial charge in [0, 0.05) is 11.4 Å². The van der Waals surface area contributed by atoms with Crippen molar-refractivity contribution >= 4 is 11.8 Å². The van der Waals surface area contributed by atoms with E-state index in [9.17, 15) is 5.11 Å². The van der Waals surface area contributed by atoms with Crippen molar-refractivity contribution in [1.29, 1.82) is 0 Å². The molecule has 0 amide bonds. The Morgan fingerprint density at radius 3 is 2.72 bits per heavy atom. The number of rotatable bonds is 8. The molecule has 1 N–H and O–H groups in total. The molecular formula is C18H21N3O3S. The number of aromatic nitrogens is 3. The van der Waals surface area contributed by atoms with Crippen molar-refractivity contribution in [3.63, 3.8) is 0 Å². The fraction of sp³-hybridized carbons (Fsp3) is 0.333. The predicted octanol–water partition coefficient (Wildman–Crippen LogP) is 3.15. The molecular weight excluding hydrogens is 338 g/mol. The highest BCUT2D eigenvalue weighted by molar-refractivity contribution is 7.99. The molecule has 3 rings (SSSR count). The Balaban J connectivity index is 1.55. The van der Waals surface area contributed by atoms with Crippen LogP contribution in [0.3, 0.4) is 0 Å². The zero-order valence-corrected chi connectivity index (χ0v) is 15.1. The van der Waals surface area contributed by atoms with E-state index in [4.69, 9.17) is 9.15 Å². The molecule has 0 saturated heterocycles. The van der Waals surface area contributed by atoms with Gasteiger partial charge in [0.2, 0.25) is 0 Å². The minimum atomic E-state index is -0.594. The normalized spacial score (nSPS) is 12.4. The van der Waals surface area contributed by atoms with Gasteiger partial charge in [-0.3, -0.25) is 4.57 Å². The quantitative estimate of drug-likeness (QED) is 0.623. The first-order chi connectivity index (χ1) is 12.1. The second kappa shape index (κ2) is 8.33. The Morgan fingerprint density at radius 2 is 2.00 bits per heavy atom. The average molecular weight is 359 g/mol. The van der Waals surface area contributed by atoms with Gasteiger partial charge >= 0.3 is 0 Å². The first-order valence-corrected chi connectivity index (χ1v) is 9.02. The number of ether oxygens (including phenoxy) is 1. The Kier molecular flexibility index (Phi) is 5.91. The van der Waals surface area contributed by atoms with E-state index in [1.807, 2.05) is 35.8 Å². The zero-order valence-electron chi connectivity index (χ0n) is 14.3. The molecule has 0 spiro atoms. The first kappa shape index (κ1) is 17.7. The van der Waals surface area contributed by atoms with Crippen molar-refractivity contribution in [2.75, 3.05) is 12.4 Å². The number of aliphatic hydroxyl groups excluding tert-OH is 1. The Labute approximate surface area is 150 Å². The Morgan fingerprint density at radius 1 is 1.20 bits per heavy atom. The van der Waals surface area contributed by atoms with Crippen LogP contribution >= 0.6 is 11.8 Å². The number of aliphatic hydroxyl groups is 1. The lowest BCUT2D eigenvalue weighted by molar-refractivity contribution is 0.0328. The van der Waals surface area contributed by atoms with Crippen LogP contribution < -0.4 is 0 Å². The summed E-state index contributed by atoms with van der Waals surface area (Å²) >= 11 is 1.46. The molecule has 25 heavy (non-hydrogen) atoms. The van der Waals surface area contributed by atoms with E-state index in [2.05, 4.69) is 29.3 Å². The summed E-state index contributed by atoms with van der Waals surface area (Å²) in [4.78, 5) is 0. The van der Waals surface area contributed by atoms with Crippen LogP contribution in [0.25, 0.3) is 5.69 Å². The Bertz CT molecular complexity index is 785. The fourth-order valence-electron chi connectivity index (χ4n) is 2.34. The van der Waals surface area contributed by atoms with Crippen LogP contribution in [0, 0.1) is 13.8 Å². The van der Waals surface area contributed by atoms with Crippen LogP contribution in [0.5, 0.6) is 0 Å². The van der Waals surface area contributed by atoms with Gasteiger partial charge in [0.15, 0.2) is 5.16 Å². The van der Waals surface area contributed by atoms with Crippen molar-refractivity contribution in [3.05, 3.63) is 59.8 Å². The van der Waals surface area contributed by atoms with Crippen molar-refractivity contribution in [2.45, 2.75) is 31.7 Å². The van der Waals surface area contributed by atoms with E-state index in [-0.39, 0.29) is 6.61 Å². The maximum absolute atomic E-state index is 10.1. The molecule has 0 unspecified atom stereocenters. The third kappa shape index (κ3) is 4.72. The van der Waals surface area contributed by atoms with Gasteiger partial charge in [0.1, 0.15) is 18.2 Å². The molecule has 0 saturated carbocycles. The molecule has 3 aromatic rings. The molecule has 2 heterocycles. The number of hydrogen-bond acceptors (Lipinski definition) is 6. The molecule has 0 bridgehead atoms. The van der Waals surface area contributed by atoms with Crippen molar-refractivity contribution in [3.8, 4) is 5.69 Å². The van der Waals surface area contributed by atoms with Gasteiger partial charge in [-0.1, -0.05) is 29.5 Å². The molecule has 1 aromatic carbocycles. The minimum Gasteiger partial charge on any atom is -0.467 e. The first-order valence-electron chi connectivity index (χ1n) is 8.03. The van der Waals surface area contributed by atoms with Crippen molar-refractivity contribution < 1.29 is 14.3 Å². The molecule has 1 atom stereocenters. The van der Waals surface area contributed by atoms with E-state index < -0.39 is 6.10 Å². The predicted molar refractivity (Wildman–Crippen MR) is 95.9 cm³/mol. The molecule has 0 aliphatic heterocycles. The molecule has 6 nitrogen and oxygen atoms in total. The molecule has 0 aliphatic carbocycles. The fourth-order valence-corrected chi connectivity index (χ4v) is 3.24. The van der Waals surface area contributed by atoms with Crippen LogP contribution in [0.15, 0.2) is 52.2 Å². The number of furan rings is 1. The van der Waals surface area contributed by atoms with E-state index in [1.165, 1.54) is 17.3 Å². The summed E-state index contributed by atoms with van der Waals surface area (Å²) in [6.45, 7) is 4.57. The second-order valence-electron chi connectivity index (χ2n) is 5.76. The number of nitrogens with zero attached hydrogens (tertiary/aromatic N) is 3. The van der Waals surface area contributed by atoms with Gasteiger partial charge in [-0.25, -0.2) is 0 Å². The highest BCUT2D eigenvalue weighted by Crippen LogP contribution is 2.22. The van der Waals surface area contributed by atoms with E-state index >= 15 is 0 Å². The summed E-state index contributed by atoms with van der Waals surface area (Å²) in [6, 6.07) is 11.8. The van der Waals surface area contributed by atoms with E-state index in [0.717, 1.165) is 22.4 Å². The number of aryl methyl sites for hydroxylation is 2. The van der Waals surface area contributed by atoms with Crippen LogP contribution in [0.2, 0.25) is 0 Å². The smallest absolute Gasteiger partial charge is 0.195 e. The van der Waals surface area contributed by atoms with Crippen LogP contribution in [0.4, 0.5) is 0 Å². The third-order valence-corrected chi connectivity index (χ3v) is 4.70. The summed E-state index contributed by atoms with van der Waals surface area (Å²) in [5.74, 6) is 2.03. The molecule has 7 heteroatoms. The largest absolute Gasteiger partial charge is 0.467 e. The number of thioether (sulfide) groups is 1. The van der Waals surface area contributed by atoms with Gasteiger partial charge in [0.05, 0.1) is 19.0 Å². The van der Waals surface area contributed by atoms with E-state index in [1.54, 1.807) is 6.26 Å². The summed E-state index contributed by atoms with van der Waals surface area (Å²) in [5.41, 5.74) is 2.21. The topological polar surface area (TPSA) is 73.3 Å². The standard InChI is InChI=1S/C18H21N3O3S/c1-13-5-7-15(8-6-13)21-14(2)19-20-18(21)25-12-16(22)10-23-11-17-4-3-9-24-17/h3-9,16,22H,10-12H2,1-2H3/t16-/m0/s1. The molecule has 0 aliphatic rings. The molecule has 132 valence electrons. The lowest BCUT2D eigenvalue weighted by atomic mass is 10.2. The maximum atomic E-state index is 10.1. The van der Waals surface area contributed by atoms with Crippen LogP contribution in [0.1, 0.15) is 17.1 Å². The summed E-state index contributed by atoms with van der Waals surface area (Å²) in [6.07, 6.45) is 1.01. The van der Waals surface area contributed by atoms with Gasteiger partial charge in [0.25, 0.3) is 0 Å². The Hall–Kier alpha value is -2.09. The van der Waals surface area contributed by atoms with Crippen LogP contribution in [-0.2, 0) is 11.3 Å². The summed E-state index contributed by atoms with van der Waals surface area (Å²) in [7, 11) is 0. The minimum absolute atomic E-state index is 0.241. The SMILES string of the molecule is Cc1ccc(-n2c(C)nnc2SC[C@@H](O)COCc2ccco2)cc1. The molecule has 2 aromatic heterocycles. The summed E-state index contributed by atoms with van der Waals surface area (Å²) < 4.78 is 12.6. The van der Waals surface area contributed by atoms with E-state index in [0.29, 0.717) is 12.4 Å². The second-order valence-corrected chi connectivity index (χ2v) is 6.75. The van der Waals surface area contributed by atoms with Gasteiger partial charge in [-0.2, -0.15) is 0 Å². The third-order valence-electron chi connectivity index (χ3n) is 3.63. The van der Waals surface area contributed by atoms with Gasteiger partial charge < -0.3 is 14.3 Å². The van der Waals surface area contributed by atoms with Gasteiger partial charge in [-0.05, 0) is 38.1 Å². The monoisotopic (exact) mass is 359 g/mol. The zero-order chi connectivity index (χ0) is 17.6. The molecule has 0 fully saturated rings. The maximum Gasteiger partial charge on any atom is 0.195 e. The number of hydrogen-bond donors (Lipinski definition) is 1. The lowest BCUT2D eigenvalue weighted by Crippen LogP contribution is -2.18. The lowest BCUT2D eigenvalue weighted by Gasteiger charge is -2.12. The molecule has 0 radical (unpaired) electrons. The summed E-state index contributed by atoms with van der Waals surface area (Å²) in [5, 5.41) is 19.2. The highest BCUT2D eigenvalue weighted by atomic mass is 32.2. The van der Waals surface area contributed by atoms with Crippen molar-refractivity contribution in [2.24, 2.45) is 0 Å². The highest BCUT2D eigenvalue weighted by Gasteiger charge is 2.14. The van der Waals surface area contributed by atoms with Gasteiger partial charge in [-0.15, -0.1) is 10.2 Å². The number of benzene rings is 1. The average Bonchev–Trinajstić information content (AvgIpc) is 3.24. The van der Waals surface area contributed by atoms with Crippen molar-refractivity contribution in [1.82, 2.24) is 14.8 Å². The van der Waals surface area contributed by atoms with Crippen LogP contribution in [-0.4, -0.2) is 38.3 Å².